The highest BCUT2D eigenvalue weighted by atomic mass is 32.1. The summed E-state index contributed by atoms with van der Waals surface area (Å²) >= 11 is 1.80. The van der Waals surface area contributed by atoms with Gasteiger partial charge in [-0.25, -0.2) is 0 Å². The van der Waals surface area contributed by atoms with Gasteiger partial charge >= 0.3 is 0 Å². The third-order valence-electron chi connectivity index (χ3n) is 3.45. The molecule has 0 aliphatic carbocycles. The Hall–Kier alpha value is -1.65. The Labute approximate surface area is 123 Å². The SMILES string of the molecule is CCCNC(c1ccn(C)n1)c1csc2ccccc12. The molecule has 0 saturated carbocycles. The van der Waals surface area contributed by atoms with Crippen LogP contribution in [-0.2, 0) is 7.05 Å². The maximum absolute atomic E-state index is 4.59. The topological polar surface area (TPSA) is 29.9 Å². The molecule has 1 atom stereocenters. The predicted octanol–water partition coefficient (Wildman–Crippen LogP) is 3.72. The van der Waals surface area contributed by atoms with E-state index in [0.717, 1.165) is 18.7 Å². The Morgan fingerprint density at radius 1 is 1.30 bits per heavy atom. The van der Waals surface area contributed by atoms with Gasteiger partial charge in [-0.15, -0.1) is 11.3 Å². The molecule has 0 fully saturated rings. The molecule has 0 saturated heterocycles. The molecule has 0 amide bonds. The number of thiophene rings is 1. The summed E-state index contributed by atoms with van der Waals surface area (Å²) in [6, 6.07) is 10.8. The minimum absolute atomic E-state index is 0.173. The second kappa shape index (κ2) is 5.77. The molecule has 0 radical (unpaired) electrons. The highest BCUT2D eigenvalue weighted by Gasteiger charge is 2.19. The van der Waals surface area contributed by atoms with Crippen molar-refractivity contribution in [2.45, 2.75) is 19.4 Å². The van der Waals surface area contributed by atoms with Crippen molar-refractivity contribution in [3.63, 3.8) is 0 Å². The van der Waals surface area contributed by atoms with Crippen molar-refractivity contribution in [2.75, 3.05) is 6.54 Å². The first kappa shape index (κ1) is 13.3. The van der Waals surface area contributed by atoms with E-state index in [9.17, 15) is 0 Å². The van der Waals surface area contributed by atoms with Crippen LogP contribution in [0.3, 0.4) is 0 Å². The van der Waals surface area contributed by atoms with Gasteiger partial charge in [0.15, 0.2) is 0 Å². The number of benzene rings is 1. The quantitative estimate of drug-likeness (QED) is 0.774. The van der Waals surface area contributed by atoms with Gasteiger partial charge in [0, 0.05) is 17.9 Å². The lowest BCUT2D eigenvalue weighted by atomic mass is 10.0. The van der Waals surface area contributed by atoms with Crippen molar-refractivity contribution >= 4 is 21.4 Å². The maximum atomic E-state index is 4.59. The molecule has 104 valence electrons. The van der Waals surface area contributed by atoms with Crippen LogP contribution in [0.4, 0.5) is 0 Å². The van der Waals surface area contributed by atoms with Crippen LogP contribution in [0.1, 0.15) is 30.6 Å². The Morgan fingerprint density at radius 3 is 2.90 bits per heavy atom. The smallest absolute Gasteiger partial charge is 0.0839 e. The van der Waals surface area contributed by atoms with Crippen LogP contribution < -0.4 is 5.32 Å². The van der Waals surface area contributed by atoms with Gasteiger partial charge in [0.1, 0.15) is 0 Å². The molecule has 0 spiro atoms. The third kappa shape index (κ3) is 2.49. The predicted molar refractivity (Wildman–Crippen MR) is 85.2 cm³/mol. The van der Waals surface area contributed by atoms with Gasteiger partial charge in [-0.1, -0.05) is 25.1 Å². The summed E-state index contributed by atoms with van der Waals surface area (Å²) in [6.45, 7) is 3.18. The summed E-state index contributed by atoms with van der Waals surface area (Å²) in [4.78, 5) is 0. The molecule has 0 aliphatic rings. The van der Waals surface area contributed by atoms with Crippen molar-refractivity contribution in [1.82, 2.24) is 15.1 Å². The first-order valence-electron chi connectivity index (χ1n) is 6.98. The average molecular weight is 285 g/mol. The van der Waals surface area contributed by atoms with Crippen molar-refractivity contribution in [3.8, 4) is 0 Å². The van der Waals surface area contributed by atoms with Crippen molar-refractivity contribution in [3.05, 3.63) is 53.2 Å². The fourth-order valence-corrected chi connectivity index (χ4v) is 3.46. The minimum atomic E-state index is 0.173. The summed E-state index contributed by atoms with van der Waals surface area (Å²) in [5.74, 6) is 0. The van der Waals surface area contributed by atoms with E-state index < -0.39 is 0 Å². The molecule has 4 heteroatoms. The van der Waals surface area contributed by atoms with Gasteiger partial charge < -0.3 is 5.32 Å². The lowest BCUT2D eigenvalue weighted by molar-refractivity contribution is 0.579. The van der Waals surface area contributed by atoms with E-state index in [1.165, 1.54) is 15.6 Å². The highest BCUT2D eigenvalue weighted by molar-refractivity contribution is 7.17. The minimum Gasteiger partial charge on any atom is -0.305 e. The van der Waals surface area contributed by atoms with E-state index in [1.54, 1.807) is 11.3 Å². The Balaban J connectivity index is 2.04. The first-order chi connectivity index (χ1) is 9.79. The highest BCUT2D eigenvalue weighted by Crippen LogP contribution is 2.32. The number of hydrogen-bond donors (Lipinski definition) is 1. The number of nitrogens with zero attached hydrogens (tertiary/aromatic N) is 2. The molecular formula is C16H19N3S. The van der Waals surface area contributed by atoms with Gasteiger partial charge in [-0.2, -0.15) is 5.10 Å². The molecular weight excluding hydrogens is 266 g/mol. The first-order valence-corrected chi connectivity index (χ1v) is 7.86. The van der Waals surface area contributed by atoms with Gasteiger partial charge in [-0.05, 0) is 41.4 Å². The zero-order valence-electron chi connectivity index (χ0n) is 11.8. The number of fused-ring (bicyclic) bond motifs is 1. The molecule has 0 aliphatic heterocycles. The molecule has 3 rings (SSSR count). The van der Waals surface area contributed by atoms with E-state index in [-0.39, 0.29) is 6.04 Å². The molecule has 1 N–H and O–H groups in total. The maximum Gasteiger partial charge on any atom is 0.0839 e. The number of aromatic nitrogens is 2. The van der Waals surface area contributed by atoms with Crippen LogP contribution in [0.25, 0.3) is 10.1 Å². The van der Waals surface area contributed by atoms with Gasteiger partial charge in [0.05, 0.1) is 11.7 Å². The van der Waals surface area contributed by atoms with Gasteiger partial charge in [0.25, 0.3) is 0 Å². The third-order valence-corrected chi connectivity index (χ3v) is 4.43. The van der Waals surface area contributed by atoms with E-state index in [4.69, 9.17) is 0 Å². The van der Waals surface area contributed by atoms with Crippen LogP contribution in [-0.4, -0.2) is 16.3 Å². The average Bonchev–Trinajstić information content (AvgIpc) is 3.07. The molecule has 3 aromatic rings. The summed E-state index contributed by atoms with van der Waals surface area (Å²) in [5, 5.41) is 11.8. The summed E-state index contributed by atoms with van der Waals surface area (Å²) < 4.78 is 3.20. The second-order valence-corrected chi connectivity index (χ2v) is 5.90. The number of aryl methyl sites for hydroxylation is 1. The second-order valence-electron chi connectivity index (χ2n) is 4.99. The standard InChI is InChI=1S/C16H19N3S/c1-3-9-17-16(14-8-10-19(2)18-14)13-11-20-15-7-5-4-6-12(13)15/h4-8,10-11,16-17H,3,9H2,1-2H3. The van der Waals surface area contributed by atoms with Gasteiger partial charge in [0.2, 0.25) is 0 Å². The van der Waals surface area contributed by atoms with Gasteiger partial charge in [-0.3, -0.25) is 4.68 Å². The number of nitrogens with one attached hydrogen (secondary N) is 1. The Morgan fingerprint density at radius 2 is 2.15 bits per heavy atom. The number of hydrogen-bond acceptors (Lipinski definition) is 3. The molecule has 20 heavy (non-hydrogen) atoms. The molecule has 3 nitrogen and oxygen atoms in total. The molecule has 1 aromatic carbocycles. The lowest BCUT2D eigenvalue weighted by Gasteiger charge is -2.16. The Kier molecular flexibility index (Phi) is 3.85. The number of rotatable bonds is 5. The molecule has 1 unspecified atom stereocenters. The summed E-state index contributed by atoms with van der Waals surface area (Å²) in [5.41, 5.74) is 2.42. The summed E-state index contributed by atoms with van der Waals surface area (Å²) in [7, 11) is 1.96. The van der Waals surface area contributed by atoms with E-state index in [0.29, 0.717) is 0 Å². The van der Waals surface area contributed by atoms with E-state index in [2.05, 4.69) is 53.1 Å². The zero-order valence-corrected chi connectivity index (χ0v) is 12.7. The molecule has 0 bridgehead atoms. The van der Waals surface area contributed by atoms with E-state index >= 15 is 0 Å². The zero-order chi connectivity index (χ0) is 13.9. The van der Waals surface area contributed by atoms with Crippen molar-refractivity contribution in [1.29, 1.82) is 0 Å². The van der Waals surface area contributed by atoms with Crippen LogP contribution >= 0.6 is 11.3 Å². The van der Waals surface area contributed by atoms with Crippen molar-refractivity contribution in [2.24, 2.45) is 7.05 Å². The molecule has 2 aromatic heterocycles. The van der Waals surface area contributed by atoms with Crippen LogP contribution in [0.15, 0.2) is 41.9 Å². The van der Waals surface area contributed by atoms with Crippen LogP contribution in [0.2, 0.25) is 0 Å². The van der Waals surface area contributed by atoms with Crippen LogP contribution in [0, 0.1) is 0 Å². The fourth-order valence-electron chi connectivity index (χ4n) is 2.47. The molecule has 2 heterocycles. The fraction of sp³-hybridized carbons (Fsp3) is 0.312. The lowest BCUT2D eigenvalue weighted by Crippen LogP contribution is -2.23. The van der Waals surface area contributed by atoms with Crippen molar-refractivity contribution < 1.29 is 0 Å². The largest absolute Gasteiger partial charge is 0.305 e. The van der Waals surface area contributed by atoms with Crippen LogP contribution in [0.5, 0.6) is 0 Å². The monoisotopic (exact) mass is 285 g/mol. The van der Waals surface area contributed by atoms with E-state index in [1.807, 2.05) is 17.9 Å². The Bertz CT molecular complexity index is 698. The summed E-state index contributed by atoms with van der Waals surface area (Å²) in [6.07, 6.45) is 3.12. The normalized spacial score (nSPS) is 12.9.